The third-order valence-corrected chi connectivity index (χ3v) is 3.41. The summed E-state index contributed by atoms with van der Waals surface area (Å²) in [4.78, 5) is 47.3. The zero-order chi connectivity index (χ0) is 22.7. The van der Waals surface area contributed by atoms with Gasteiger partial charge in [0, 0.05) is 18.4 Å². The molecule has 0 fully saturated rings. The zero-order valence-electron chi connectivity index (χ0n) is 17.8. The summed E-state index contributed by atoms with van der Waals surface area (Å²) < 4.78 is 19.6. The Hall–Kier alpha value is -3.14. The van der Waals surface area contributed by atoms with Crippen molar-refractivity contribution in [3.05, 3.63) is 29.8 Å². The average molecular weight is 424 g/mol. The highest BCUT2D eigenvalue weighted by molar-refractivity contribution is 5.98. The fourth-order valence-electron chi connectivity index (χ4n) is 2.00. The highest BCUT2D eigenvalue weighted by Gasteiger charge is 2.22. The molecule has 0 aliphatic rings. The monoisotopic (exact) mass is 424 g/mol. The Morgan fingerprint density at radius 3 is 2.17 bits per heavy atom. The Morgan fingerprint density at radius 1 is 0.967 bits per heavy atom. The van der Waals surface area contributed by atoms with Crippen LogP contribution >= 0.6 is 0 Å². The molecule has 2 amide bonds. The van der Waals surface area contributed by atoms with E-state index in [1.165, 1.54) is 38.3 Å². The Morgan fingerprint density at radius 2 is 1.60 bits per heavy atom. The van der Waals surface area contributed by atoms with E-state index in [9.17, 15) is 19.2 Å². The van der Waals surface area contributed by atoms with Crippen LogP contribution in [0.4, 0.5) is 15.3 Å². The third kappa shape index (κ3) is 9.87. The van der Waals surface area contributed by atoms with E-state index in [2.05, 4.69) is 10.6 Å². The number of carbonyl (C=O) groups excluding carboxylic acids is 4. The number of rotatable bonds is 9. The molecule has 166 valence electrons. The van der Waals surface area contributed by atoms with Gasteiger partial charge in [-0.25, -0.2) is 14.4 Å². The Labute approximate surface area is 175 Å². The van der Waals surface area contributed by atoms with Crippen LogP contribution in [-0.2, 0) is 23.7 Å². The number of Topliss-reactive ketones (excluding diaryl/α,β-unsaturated/α-hetero) is 1. The number of anilines is 1. The molecule has 0 unspecified atom stereocenters. The largest absolute Gasteiger partial charge is 0.456 e. The van der Waals surface area contributed by atoms with Crippen molar-refractivity contribution in [3.8, 4) is 0 Å². The molecule has 0 spiro atoms. The van der Waals surface area contributed by atoms with Gasteiger partial charge in [0.25, 0.3) is 0 Å². The number of carbonyl (C=O) groups is 4. The number of amides is 2. The maximum absolute atomic E-state index is 12.2. The first-order valence-electron chi connectivity index (χ1n) is 9.24. The number of benzene rings is 1. The molecule has 0 heterocycles. The predicted octanol–water partition coefficient (Wildman–Crippen LogP) is 2.52. The van der Waals surface area contributed by atoms with E-state index in [0.717, 1.165) is 0 Å². The van der Waals surface area contributed by atoms with Crippen LogP contribution in [-0.4, -0.2) is 62.5 Å². The lowest BCUT2D eigenvalue weighted by Crippen LogP contribution is -2.42. The number of nitrogens with one attached hydrogen (secondary N) is 2. The molecular weight excluding hydrogens is 396 g/mol. The number of alkyl carbamates (subject to hydrolysis) is 1. The summed E-state index contributed by atoms with van der Waals surface area (Å²) in [5.74, 6) is -1.21. The van der Waals surface area contributed by atoms with Gasteiger partial charge in [-0.2, -0.15) is 0 Å². The van der Waals surface area contributed by atoms with E-state index in [1.807, 2.05) is 0 Å². The zero-order valence-corrected chi connectivity index (χ0v) is 17.8. The lowest BCUT2D eigenvalue weighted by Gasteiger charge is -2.21. The van der Waals surface area contributed by atoms with Gasteiger partial charge in [0.15, 0.2) is 12.4 Å². The molecule has 0 aromatic heterocycles. The van der Waals surface area contributed by atoms with Gasteiger partial charge in [-0.05, 0) is 52.0 Å². The van der Waals surface area contributed by atoms with Crippen LogP contribution in [0.1, 0.15) is 38.1 Å². The van der Waals surface area contributed by atoms with Gasteiger partial charge in [0.2, 0.25) is 0 Å². The van der Waals surface area contributed by atoms with Crippen molar-refractivity contribution in [2.75, 3.05) is 32.2 Å². The molecule has 0 saturated heterocycles. The van der Waals surface area contributed by atoms with Gasteiger partial charge in [0.05, 0.1) is 6.61 Å². The smallest absolute Gasteiger partial charge is 0.411 e. The first-order chi connectivity index (χ1) is 14.0. The SMILES string of the molecule is COCCOC(=O)Nc1ccc(C(=O)COC(=O)[C@H](C)NC(=O)OC(C)(C)C)cc1. The van der Waals surface area contributed by atoms with Crippen LogP contribution < -0.4 is 10.6 Å². The number of ether oxygens (including phenoxy) is 4. The summed E-state index contributed by atoms with van der Waals surface area (Å²) >= 11 is 0. The molecule has 2 N–H and O–H groups in total. The van der Waals surface area contributed by atoms with E-state index < -0.39 is 42.2 Å². The lowest BCUT2D eigenvalue weighted by molar-refractivity contribution is -0.144. The van der Waals surface area contributed by atoms with Crippen LogP contribution in [0, 0.1) is 0 Å². The molecule has 1 rings (SSSR count). The minimum atomic E-state index is -0.983. The van der Waals surface area contributed by atoms with Gasteiger partial charge in [-0.15, -0.1) is 0 Å². The molecule has 1 aromatic rings. The molecule has 10 nitrogen and oxygen atoms in total. The minimum Gasteiger partial charge on any atom is -0.456 e. The summed E-state index contributed by atoms with van der Waals surface area (Å²) in [7, 11) is 1.49. The topological polar surface area (TPSA) is 129 Å². The number of methoxy groups -OCH3 is 1. The first-order valence-corrected chi connectivity index (χ1v) is 9.24. The normalized spacial score (nSPS) is 11.8. The van der Waals surface area contributed by atoms with E-state index in [-0.39, 0.29) is 18.8 Å². The molecule has 0 aliphatic heterocycles. The van der Waals surface area contributed by atoms with Crippen LogP contribution in [0.2, 0.25) is 0 Å². The number of esters is 1. The van der Waals surface area contributed by atoms with Gasteiger partial charge >= 0.3 is 18.2 Å². The second kappa shape index (κ2) is 11.8. The lowest BCUT2D eigenvalue weighted by atomic mass is 10.1. The van der Waals surface area contributed by atoms with Gasteiger partial charge < -0.3 is 24.3 Å². The van der Waals surface area contributed by atoms with Crippen molar-refractivity contribution >= 4 is 29.6 Å². The molecule has 0 radical (unpaired) electrons. The van der Waals surface area contributed by atoms with Gasteiger partial charge in [-0.1, -0.05) is 0 Å². The summed E-state index contributed by atoms with van der Waals surface area (Å²) in [6.45, 7) is 6.41. The summed E-state index contributed by atoms with van der Waals surface area (Å²) in [5.41, 5.74) is 0.0146. The summed E-state index contributed by atoms with van der Waals surface area (Å²) in [6, 6.07) is 4.99. The van der Waals surface area contributed by atoms with Crippen LogP contribution in [0.5, 0.6) is 0 Å². The van der Waals surface area contributed by atoms with Crippen molar-refractivity contribution in [2.45, 2.75) is 39.3 Å². The molecule has 0 saturated carbocycles. The molecule has 1 aromatic carbocycles. The number of hydrogen-bond acceptors (Lipinski definition) is 8. The summed E-state index contributed by atoms with van der Waals surface area (Å²) in [6.07, 6.45) is -1.41. The Bertz CT molecular complexity index is 740. The van der Waals surface area contributed by atoms with Crippen LogP contribution in [0.3, 0.4) is 0 Å². The van der Waals surface area contributed by atoms with Gasteiger partial charge in [-0.3, -0.25) is 10.1 Å². The van der Waals surface area contributed by atoms with Crippen molar-refractivity contribution in [1.82, 2.24) is 5.32 Å². The van der Waals surface area contributed by atoms with Crippen molar-refractivity contribution in [3.63, 3.8) is 0 Å². The molecule has 1 atom stereocenters. The summed E-state index contributed by atoms with van der Waals surface area (Å²) in [5, 5.41) is 4.84. The number of hydrogen-bond donors (Lipinski definition) is 2. The highest BCUT2D eigenvalue weighted by atomic mass is 16.6. The van der Waals surface area contributed by atoms with Gasteiger partial charge in [0.1, 0.15) is 18.2 Å². The first kappa shape index (κ1) is 24.9. The average Bonchev–Trinajstić information content (AvgIpc) is 2.65. The molecule has 0 bridgehead atoms. The van der Waals surface area contributed by atoms with E-state index in [1.54, 1.807) is 20.8 Å². The maximum atomic E-state index is 12.2. The predicted molar refractivity (Wildman–Crippen MR) is 107 cm³/mol. The second-order valence-corrected chi connectivity index (χ2v) is 7.23. The minimum absolute atomic E-state index is 0.117. The van der Waals surface area contributed by atoms with Crippen LogP contribution in [0.25, 0.3) is 0 Å². The standard InChI is InChI=1S/C20H28N2O8/c1-13(21-19(26)30-20(2,3)4)17(24)29-12-16(23)14-6-8-15(9-7-14)22-18(25)28-11-10-27-5/h6-9,13H,10-12H2,1-5H3,(H,21,26)(H,22,25)/t13-/m0/s1. The van der Waals surface area contributed by atoms with E-state index in [4.69, 9.17) is 18.9 Å². The van der Waals surface area contributed by atoms with Crippen LogP contribution in [0.15, 0.2) is 24.3 Å². The molecule has 0 aliphatic carbocycles. The van der Waals surface area contributed by atoms with Crippen molar-refractivity contribution in [2.24, 2.45) is 0 Å². The highest BCUT2D eigenvalue weighted by Crippen LogP contribution is 2.11. The van der Waals surface area contributed by atoms with Crippen molar-refractivity contribution < 1.29 is 38.1 Å². The number of ketones is 1. The molecular formula is C20H28N2O8. The fraction of sp³-hybridized carbons (Fsp3) is 0.500. The third-order valence-electron chi connectivity index (χ3n) is 3.41. The quantitative estimate of drug-likeness (QED) is 0.268. The Kier molecular flexibility index (Phi) is 9.76. The molecule has 30 heavy (non-hydrogen) atoms. The van der Waals surface area contributed by atoms with E-state index >= 15 is 0 Å². The van der Waals surface area contributed by atoms with Crippen molar-refractivity contribution in [1.29, 1.82) is 0 Å². The second-order valence-electron chi connectivity index (χ2n) is 7.23. The maximum Gasteiger partial charge on any atom is 0.411 e. The Balaban J connectivity index is 2.46. The molecule has 10 heteroatoms. The van der Waals surface area contributed by atoms with E-state index in [0.29, 0.717) is 5.69 Å². The fourth-order valence-corrected chi connectivity index (χ4v) is 2.00.